The van der Waals surface area contributed by atoms with Gasteiger partial charge in [-0.25, -0.2) is 0 Å². The molecule has 1 heterocycles. The smallest absolute Gasteiger partial charge is 0.263 e. The Balaban J connectivity index is 1.83. The van der Waals surface area contributed by atoms with Crippen molar-refractivity contribution in [2.24, 2.45) is 0 Å². The van der Waals surface area contributed by atoms with Crippen LogP contribution in [-0.4, -0.2) is 16.4 Å². The number of benzene rings is 2. The topological polar surface area (TPSA) is 80.2 Å². The molecular formula is C23H23N3O3. The number of carbonyl (C=O) groups is 2. The Bertz CT molecular complexity index is 1130. The summed E-state index contributed by atoms with van der Waals surface area (Å²) in [5.41, 5.74) is 4.00. The Hall–Kier alpha value is -3.67. The van der Waals surface area contributed by atoms with Gasteiger partial charge in [-0.15, -0.1) is 0 Å². The number of hydrogen-bond acceptors (Lipinski definition) is 3. The molecule has 6 heteroatoms. The van der Waals surface area contributed by atoms with Crippen LogP contribution in [0.25, 0.3) is 0 Å². The van der Waals surface area contributed by atoms with Crippen LogP contribution in [0.1, 0.15) is 34.0 Å². The maximum absolute atomic E-state index is 12.9. The van der Waals surface area contributed by atoms with E-state index in [4.69, 9.17) is 0 Å². The lowest BCUT2D eigenvalue weighted by Gasteiger charge is -2.12. The van der Waals surface area contributed by atoms with E-state index >= 15 is 0 Å². The molecule has 0 spiro atoms. The van der Waals surface area contributed by atoms with E-state index in [-0.39, 0.29) is 17.0 Å². The summed E-state index contributed by atoms with van der Waals surface area (Å²) in [7, 11) is 0. The second-order valence-corrected chi connectivity index (χ2v) is 7.00. The molecule has 3 rings (SSSR count). The van der Waals surface area contributed by atoms with Crippen molar-refractivity contribution >= 4 is 23.2 Å². The Morgan fingerprint density at radius 3 is 2.38 bits per heavy atom. The van der Waals surface area contributed by atoms with Gasteiger partial charge in [0.1, 0.15) is 5.56 Å². The predicted octanol–water partition coefficient (Wildman–Crippen LogP) is 3.72. The molecule has 0 radical (unpaired) electrons. The molecule has 148 valence electrons. The van der Waals surface area contributed by atoms with Crippen LogP contribution < -0.4 is 16.2 Å². The number of rotatable bonds is 5. The zero-order valence-corrected chi connectivity index (χ0v) is 16.7. The van der Waals surface area contributed by atoms with Gasteiger partial charge in [0.2, 0.25) is 5.91 Å². The summed E-state index contributed by atoms with van der Waals surface area (Å²) in [6, 6.07) is 16.1. The first-order valence-electron chi connectivity index (χ1n) is 9.28. The highest BCUT2D eigenvalue weighted by atomic mass is 16.2. The summed E-state index contributed by atoms with van der Waals surface area (Å²) >= 11 is 0. The third kappa shape index (κ3) is 4.99. The Kier molecular flexibility index (Phi) is 5.93. The van der Waals surface area contributed by atoms with E-state index in [2.05, 4.69) is 10.6 Å². The van der Waals surface area contributed by atoms with E-state index in [1.807, 2.05) is 32.0 Å². The minimum absolute atomic E-state index is 0.0581. The van der Waals surface area contributed by atoms with Crippen LogP contribution in [0.5, 0.6) is 0 Å². The van der Waals surface area contributed by atoms with Gasteiger partial charge >= 0.3 is 0 Å². The fraction of sp³-hybridized carbons (Fsp3) is 0.174. The first-order valence-corrected chi connectivity index (χ1v) is 9.28. The second kappa shape index (κ2) is 8.56. The van der Waals surface area contributed by atoms with Crippen LogP contribution in [-0.2, 0) is 11.3 Å². The monoisotopic (exact) mass is 389 g/mol. The Morgan fingerprint density at radius 1 is 0.931 bits per heavy atom. The lowest BCUT2D eigenvalue weighted by molar-refractivity contribution is -0.114. The number of aromatic nitrogens is 1. The average molecular weight is 389 g/mol. The summed E-state index contributed by atoms with van der Waals surface area (Å²) in [6.07, 6.45) is 1.68. The third-order valence-electron chi connectivity index (χ3n) is 4.55. The summed E-state index contributed by atoms with van der Waals surface area (Å²) in [5.74, 6) is -0.698. The number of amides is 2. The van der Waals surface area contributed by atoms with Crippen molar-refractivity contribution in [2.75, 3.05) is 10.6 Å². The van der Waals surface area contributed by atoms with Gasteiger partial charge in [-0.05, 0) is 55.3 Å². The van der Waals surface area contributed by atoms with E-state index in [9.17, 15) is 14.4 Å². The minimum atomic E-state index is -0.495. The van der Waals surface area contributed by atoms with Crippen LogP contribution in [0.4, 0.5) is 11.4 Å². The number of nitrogens with zero attached hydrogens (tertiary/aromatic N) is 1. The molecule has 2 amide bonds. The van der Waals surface area contributed by atoms with Crippen molar-refractivity contribution < 1.29 is 9.59 Å². The summed E-state index contributed by atoms with van der Waals surface area (Å²) in [5, 5.41) is 5.38. The number of nitrogens with one attached hydrogen (secondary N) is 2. The standard InChI is InChI=1S/C23H23N3O3/c1-15-9-10-16(2)18(12-15)14-26-11-5-8-21(23(26)29)22(28)25-20-7-4-6-19(13-20)24-17(3)27/h4-13H,14H2,1-3H3,(H,24,27)(H,25,28). The highest BCUT2D eigenvalue weighted by Gasteiger charge is 2.13. The maximum atomic E-state index is 12.9. The van der Waals surface area contributed by atoms with E-state index in [1.54, 1.807) is 36.5 Å². The van der Waals surface area contributed by atoms with Gasteiger partial charge in [0.05, 0.1) is 6.54 Å². The largest absolute Gasteiger partial charge is 0.326 e. The fourth-order valence-electron chi connectivity index (χ4n) is 3.06. The van der Waals surface area contributed by atoms with E-state index in [0.717, 1.165) is 16.7 Å². The van der Waals surface area contributed by atoms with Crippen LogP contribution >= 0.6 is 0 Å². The van der Waals surface area contributed by atoms with Crippen LogP contribution in [0.2, 0.25) is 0 Å². The highest BCUT2D eigenvalue weighted by molar-refractivity contribution is 6.04. The molecule has 0 fully saturated rings. The molecule has 29 heavy (non-hydrogen) atoms. The van der Waals surface area contributed by atoms with E-state index in [0.29, 0.717) is 17.9 Å². The van der Waals surface area contributed by atoms with Crippen molar-refractivity contribution in [3.05, 3.63) is 93.4 Å². The molecule has 6 nitrogen and oxygen atoms in total. The molecule has 0 atom stereocenters. The molecule has 2 aromatic carbocycles. The Morgan fingerprint density at radius 2 is 1.66 bits per heavy atom. The molecule has 0 aliphatic rings. The zero-order chi connectivity index (χ0) is 21.0. The molecule has 0 saturated heterocycles. The number of anilines is 2. The normalized spacial score (nSPS) is 10.4. The maximum Gasteiger partial charge on any atom is 0.263 e. The zero-order valence-electron chi connectivity index (χ0n) is 16.7. The van der Waals surface area contributed by atoms with Gasteiger partial charge in [0.15, 0.2) is 0 Å². The van der Waals surface area contributed by atoms with Crippen molar-refractivity contribution in [3.8, 4) is 0 Å². The number of hydrogen-bond donors (Lipinski definition) is 2. The molecule has 2 N–H and O–H groups in total. The average Bonchev–Trinajstić information content (AvgIpc) is 2.66. The quantitative estimate of drug-likeness (QED) is 0.698. The predicted molar refractivity (Wildman–Crippen MR) is 114 cm³/mol. The van der Waals surface area contributed by atoms with Crippen molar-refractivity contribution in [3.63, 3.8) is 0 Å². The van der Waals surface area contributed by atoms with Gasteiger partial charge in [-0.1, -0.05) is 29.8 Å². The molecule has 0 aliphatic carbocycles. The van der Waals surface area contributed by atoms with E-state index in [1.165, 1.54) is 17.6 Å². The van der Waals surface area contributed by atoms with E-state index < -0.39 is 5.91 Å². The van der Waals surface area contributed by atoms with Crippen LogP contribution in [0.3, 0.4) is 0 Å². The lowest BCUT2D eigenvalue weighted by Crippen LogP contribution is -2.29. The molecule has 1 aromatic heterocycles. The molecule has 0 saturated carbocycles. The number of aryl methyl sites for hydroxylation is 2. The number of pyridine rings is 1. The summed E-state index contributed by atoms with van der Waals surface area (Å²) in [4.78, 5) is 36.7. The van der Waals surface area contributed by atoms with Gasteiger partial charge in [0.25, 0.3) is 11.5 Å². The summed E-state index contributed by atoms with van der Waals surface area (Å²) in [6.45, 7) is 5.81. The molecule has 3 aromatic rings. The van der Waals surface area contributed by atoms with Crippen molar-refractivity contribution in [1.82, 2.24) is 4.57 Å². The minimum Gasteiger partial charge on any atom is -0.326 e. The van der Waals surface area contributed by atoms with Crippen LogP contribution in [0.15, 0.2) is 65.6 Å². The SMILES string of the molecule is CC(=O)Nc1cccc(NC(=O)c2cccn(Cc3cc(C)ccc3C)c2=O)c1. The van der Waals surface area contributed by atoms with Crippen molar-refractivity contribution in [1.29, 1.82) is 0 Å². The Labute approximate surface area is 169 Å². The van der Waals surface area contributed by atoms with Gasteiger partial charge < -0.3 is 15.2 Å². The summed E-state index contributed by atoms with van der Waals surface area (Å²) < 4.78 is 1.53. The van der Waals surface area contributed by atoms with Gasteiger partial charge in [-0.2, -0.15) is 0 Å². The molecule has 0 unspecified atom stereocenters. The second-order valence-electron chi connectivity index (χ2n) is 7.00. The van der Waals surface area contributed by atoms with Gasteiger partial charge in [-0.3, -0.25) is 14.4 Å². The fourth-order valence-corrected chi connectivity index (χ4v) is 3.06. The first kappa shape index (κ1) is 20.1. The molecular weight excluding hydrogens is 366 g/mol. The molecule has 0 aliphatic heterocycles. The number of carbonyl (C=O) groups excluding carboxylic acids is 2. The lowest BCUT2D eigenvalue weighted by atomic mass is 10.1. The third-order valence-corrected chi connectivity index (χ3v) is 4.55. The van der Waals surface area contributed by atoms with Gasteiger partial charge in [0, 0.05) is 24.5 Å². The van der Waals surface area contributed by atoms with Crippen LogP contribution in [0, 0.1) is 13.8 Å². The highest BCUT2D eigenvalue weighted by Crippen LogP contribution is 2.16. The molecule has 0 bridgehead atoms. The first-order chi connectivity index (χ1) is 13.8. The van der Waals surface area contributed by atoms with Crippen molar-refractivity contribution in [2.45, 2.75) is 27.3 Å².